The van der Waals surface area contributed by atoms with Gasteiger partial charge in [-0.15, -0.1) is 6.58 Å². The van der Waals surface area contributed by atoms with Gasteiger partial charge in [0.1, 0.15) is 0 Å². The van der Waals surface area contributed by atoms with E-state index >= 15 is 0 Å². The molecule has 0 atom stereocenters. The summed E-state index contributed by atoms with van der Waals surface area (Å²) in [6.45, 7) is 11.2. The Hall–Kier alpha value is -2.44. The first-order chi connectivity index (χ1) is 13.1. The number of nitrogens with one attached hydrogen (secondary N) is 1. The van der Waals surface area contributed by atoms with E-state index in [1.54, 1.807) is 19.9 Å². The Labute approximate surface area is 168 Å². The molecule has 28 heavy (non-hydrogen) atoms. The van der Waals surface area contributed by atoms with Gasteiger partial charge in [-0.1, -0.05) is 53.6 Å². The quantitative estimate of drug-likeness (QED) is 0.691. The Morgan fingerprint density at radius 2 is 1.61 bits per heavy atom. The minimum atomic E-state index is -3.86. The van der Waals surface area contributed by atoms with E-state index < -0.39 is 10.0 Å². The highest BCUT2D eigenvalue weighted by Gasteiger charge is 2.29. The molecular weight excluding hydrogens is 372 g/mol. The normalized spacial score (nSPS) is 11.5. The number of rotatable bonds is 8. The van der Waals surface area contributed by atoms with Crippen LogP contribution in [0, 0.1) is 27.7 Å². The second-order valence-electron chi connectivity index (χ2n) is 7.08. The molecule has 0 saturated heterocycles. The molecule has 2 aromatic rings. The van der Waals surface area contributed by atoms with E-state index in [0.717, 1.165) is 16.7 Å². The zero-order chi connectivity index (χ0) is 20.9. The molecule has 0 unspecified atom stereocenters. The molecule has 5 nitrogen and oxygen atoms in total. The fourth-order valence-corrected chi connectivity index (χ4v) is 5.02. The average molecular weight is 401 g/mol. The highest BCUT2D eigenvalue weighted by Crippen LogP contribution is 2.26. The van der Waals surface area contributed by atoms with Gasteiger partial charge in [-0.25, -0.2) is 8.42 Å². The van der Waals surface area contributed by atoms with Crippen LogP contribution in [0.4, 0.5) is 0 Å². The SMILES string of the molecule is C=CCNC(=O)CN(Cc1ccc(C)cc1)S(=O)(=O)c1c(C)cc(C)cc1C. The van der Waals surface area contributed by atoms with Crippen LogP contribution in [0.25, 0.3) is 0 Å². The van der Waals surface area contributed by atoms with Gasteiger partial charge < -0.3 is 5.32 Å². The van der Waals surface area contributed by atoms with Crippen LogP contribution in [0.15, 0.2) is 53.9 Å². The summed E-state index contributed by atoms with van der Waals surface area (Å²) in [6.07, 6.45) is 1.56. The molecule has 0 saturated carbocycles. The monoisotopic (exact) mass is 400 g/mol. The van der Waals surface area contributed by atoms with Crippen LogP contribution in [-0.4, -0.2) is 31.7 Å². The third-order valence-corrected chi connectivity index (χ3v) is 6.54. The first-order valence-electron chi connectivity index (χ1n) is 9.16. The number of nitrogens with zero attached hydrogens (tertiary/aromatic N) is 1. The van der Waals surface area contributed by atoms with Crippen molar-refractivity contribution in [2.75, 3.05) is 13.1 Å². The van der Waals surface area contributed by atoms with Crippen LogP contribution in [0.2, 0.25) is 0 Å². The molecule has 2 aromatic carbocycles. The number of benzene rings is 2. The first kappa shape index (κ1) is 21.9. The third kappa shape index (κ3) is 5.30. The van der Waals surface area contributed by atoms with Crippen LogP contribution in [0.3, 0.4) is 0 Å². The maximum Gasteiger partial charge on any atom is 0.244 e. The van der Waals surface area contributed by atoms with E-state index in [0.29, 0.717) is 17.7 Å². The summed E-state index contributed by atoms with van der Waals surface area (Å²) in [4.78, 5) is 12.6. The Balaban J connectivity index is 2.45. The lowest BCUT2D eigenvalue weighted by Crippen LogP contribution is -2.40. The Morgan fingerprint density at radius 3 is 2.14 bits per heavy atom. The summed E-state index contributed by atoms with van der Waals surface area (Å²) in [5.41, 5.74) is 4.28. The summed E-state index contributed by atoms with van der Waals surface area (Å²) in [6, 6.07) is 11.3. The summed E-state index contributed by atoms with van der Waals surface area (Å²) >= 11 is 0. The maximum atomic E-state index is 13.5. The molecular formula is C22H28N2O3S. The Kier molecular flexibility index (Phi) is 7.16. The lowest BCUT2D eigenvalue weighted by atomic mass is 10.1. The van der Waals surface area contributed by atoms with Gasteiger partial charge in [0.15, 0.2) is 0 Å². The van der Waals surface area contributed by atoms with Crippen LogP contribution >= 0.6 is 0 Å². The molecule has 0 aliphatic rings. The van der Waals surface area contributed by atoms with Gasteiger partial charge in [0.05, 0.1) is 11.4 Å². The van der Waals surface area contributed by atoms with E-state index in [4.69, 9.17) is 0 Å². The van der Waals surface area contributed by atoms with Crippen molar-refractivity contribution in [1.29, 1.82) is 0 Å². The van der Waals surface area contributed by atoms with Crippen LogP contribution in [0.1, 0.15) is 27.8 Å². The predicted molar refractivity (Wildman–Crippen MR) is 113 cm³/mol. The number of carbonyl (C=O) groups excluding carboxylic acids is 1. The molecule has 0 aliphatic heterocycles. The zero-order valence-electron chi connectivity index (χ0n) is 17.0. The fraction of sp³-hybridized carbons (Fsp3) is 0.318. The van der Waals surface area contributed by atoms with Gasteiger partial charge in [-0.2, -0.15) is 4.31 Å². The number of sulfonamides is 1. The molecule has 2 rings (SSSR count). The van der Waals surface area contributed by atoms with E-state index in [-0.39, 0.29) is 23.9 Å². The highest BCUT2D eigenvalue weighted by molar-refractivity contribution is 7.89. The van der Waals surface area contributed by atoms with Crippen molar-refractivity contribution in [3.05, 3.63) is 76.9 Å². The van der Waals surface area contributed by atoms with Crippen molar-refractivity contribution >= 4 is 15.9 Å². The molecule has 1 N–H and O–H groups in total. The van der Waals surface area contributed by atoms with Crippen molar-refractivity contribution in [2.45, 2.75) is 39.1 Å². The van der Waals surface area contributed by atoms with Gasteiger partial charge in [0, 0.05) is 13.1 Å². The van der Waals surface area contributed by atoms with Crippen molar-refractivity contribution in [3.8, 4) is 0 Å². The van der Waals surface area contributed by atoms with Gasteiger partial charge >= 0.3 is 0 Å². The van der Waals surface area contributed by atoms with E-state index in [1.165, 1.54) is 4.31 Å². The van der Waals surface area contributed by atoms with Crippen LogP contribution < -0.4 is 5.32 Å². The lowest BCUT2D eigenvalue weighted by Gasteiger charge is -2.24. The van der Waals surface area contributed by atoms with Gasteiger partial charge in [-0.05, 0) is 44.4 Å². The van der Waals surface area contributed by atoms with E-state index in [2.05, 4.69) is 11.9 Å². The standard InChI is InChI=1S/C22H28N2O3S/c1-6-11-23-21(25)15-24(14-20-9-7-16(2)8-10-20)28(26,27)22-18(4)12-17(3)13-19(22)5/h6-10,12-13H,1,11,14-15H2,2-5H3,(H,23,25). The van der Waals surface area contributed by atoms with Crippen LogP contribution in [0.5, 0.6) is 0 Å². The highest BCUT2D eigenvalue weighted by atomic mass is 32.2. The molecule has 0 bridgehead atoms. The second-order valence-corrected chi connectivity index (χ2v) is 8.95. The molecule has 1 amide bonds. The molecule has 0 heterocycles. The molecule has 150 valence electrons. The largest absolute Gasteiger partial charge is 0.351 e. The molecule has 6 heteroatoms. The smallest absolute Gasteiger partial charge is 0.244 e. The van der Waals surface area contributed by atoms with Crippen molar-refractivity contribution < 1.29 is 13.2 Å². The van der Waals surface area contributed by atoms with Crippen LogP contribution in [-0.2, 0) is 21.4 Å². The molecule has 0 aliphatic carbocycles. The maximum absolute atomic E-state index is 13.5. The number of carbonyl (C=O) groups is 1. The summed E-state index contributed by atoms with van der Waals surface area (Å²) < 4.78 is 28.2. The Bertz CT molecular complexity index is 941. The molecule has 0 radical (unpaired) electrons. The second kappa shape index (κ2) is 9.17. The van der Waals surface area contributed by atoms with Crippen molar-refractivity contribution in [1.82, 2.24) is 9.62 Å². The van der Waals surface area contributed by atoms with Crippen molar-refractivity contribution in [2.24, 2.45) is 0 Å². The predicted octanol–water partition coefficient (Wildman–Crippen LogP) is 3.41. The summed E-state index contributed by atoms with van der Waals surface area (Å²) in [5.74, 6) is -0.363. The average Bonchev–Trinajstić information content (AvgIpc) is 2.60. The van der Waals surface area contributed by atoms with Gasteiger partial charge in [0.25, 0.3) is 0 Å². The third-order valence-electron chi connectivity index (χ3n) is 4.45. The van der Waals surface area contributed by atoms with Gasteiger partial charge in [-0.3, -0.25) is 4.79 Å². The number of hydrogen-bond acceptors (Lipinski definition) is 3. The number of hydrogen-bond donors (Lipinski definition) is 1. The molecule has 0 fully saturated rings. The van der Waals surface area contributed by atoms with E-state index in [9.17, 15) is 13.2 Å². The molecule has 0 spiro atoms. The number of amides is 1. The first-order valence-corrected chi connectivity index (χ1v) is 10.6. The van der Waals surface area contributed by atoms with Crippen molar-refractivity contribution in [3.63, 3.8) is 0 Å². The Morgan fingerprint density at radius 1 is 1.04 bits per heavy atom. The lowest BCUT2D eigenvalue weighted by molar-refractivity contribution is -0.121. The van der Waals surface area contributed by atoms with E-state index in [1.807, 2.05) is 50.2 Å². The number of aryl methyl sites for hydroxylation is 4. The molecule has 0 aromatic heterocycles. The minimum absolute atomic E-state index is 0.122. The van der Waals surface area contributed by atoms with Gasteiger partial charge in [0.2, 0.25) is 15.9 Å². The fourth-order valence-electron chi connectivity index (χ4n) is 3.23. The zero-order valence-corrected chi connectivity index (χ0v) is 17.8. The summed E-state index contributed by atoms with van der Waals surface area (Å²) in [7, 11) is -3.86. The minimum Gasteiger partial charge on any atom is -0.351 e. The topological polar surface area (TPSA) is 66.5 Å². The summed E-state index contributed by atoms with van der Waals surface area (Å²) in [5, 5.41) is 2.66.